The summed E-state index contributed by atoms with van der Waals surface area (Å²) in [5.41, 5.74) is 1.85. The van der Waals surface area contributed by atoms with Crippen molar-refractivity contribution >= 4 is 64.2 Å². The largest absolute Gasteiger partial charge is 0.325 e. The lowest BCUT2D eigenvalue weighted by atomic mass is 10.1. The Labute approximate surface area is 251 Å². The summed E-state index contributed by atoms with van der Waals surface area (Å²) < 4.78 is 0. The van der Waals surface area contributed by atoms with Gasteiger partial charge in [0.05, 0.1) is 16.2 Å². The van der Waals surface area contributed by atoms with Crippen molar-refractivity contribution < 1.29 is 19.3 Å². The van der Waals surface area contributed by atoms with Gasteiger partial charge in [0, 0.05) is 32.9 Å². The quantitative estimate of drug-likeness (QED) is 0.0804. The van der Waals surface area contributed by atoms with Gasteiger partial charge in [0.15, 0.2) is 0 Å². The van der Waals surface area contributed by atoms with E-state index in [4.69, 9.17) is 11.6 Å². The van der Waals surface area contributed by atoms with Crippen LogP contribution in [0.2, 0.25) is 5.02 Å². The molecule has 0 spiro atoms. The standard InChI is InChI=1S/C31H25ClN4O5S/c1-20-25(32)14-8-15-26(20)34-29(37)19-42-24-13-7-12-23(18-24)33-31(39)27(35-30(38)21-9-3-2-4-10-21)17-22-11-5-6-16-28(22)36(40)41/h2-18H,19H2,1H3,(H,33,39)(H,34,37)(H,35,38)/b27-17+. The Kier molecular flexibility index (Phi) is 10.1. The van der Waals surface area contributed by atoms with E-state index in [1.807, 2.05) is 6.92 Å². The minimum absolute atomic E-state index is 0.110. The fraction of sp³-hybridized carbons (Fsp3) is 0.0645. The highest BCUT2D eigenvalue weighted by Gasteiger charge is 2.18. The Morgan fingerprint density at radius 3 is 2.38 bits per heavy atom. The van der Waals surface area contributed by atoms with Gasteiger partial charge in [0.2, 0.25) is 5.91 Å². The number of nitrogens with one attached hydrogen (secondary N) is 3. The number of amides is 3. The zero-order valence-electron chi connectivity index (χ0n) is 22.3. The number of hydrogen-bond donors (Lipinski definition) is 3. The molecule has 42 heavy (non-hydrogen) atoms. The first-order valence-electron chi connectivity index (χ1n) is 12.6. The monoisotopic (exact) mass is 600 g/mol. The third kappa shape index (κ3) is 8.06. The Morgan fingerprint density at radius 1 is 0.905 bits per heavy atom. The van der Waals surface area contributed by atoms with E-state index in [2.05, 4.69) is 16.0 Å². The average molecular weight is 601 g/mol. The molecule has 0 aliphatic rings. The molecule has 0 aromatic heterocycles. The Bertz CT molecular complexity index is 1680. The van der Waals surface area contributed by atoms with Gasteiger partial charge in [-0.2, -0.15) is 0 Å². The molecular formula is C31H25ClN4O5S. The fourth-order valence-corrected chi connectivity index (χ4v) is 4.74. The molecule has 0 fully saturated rings. The van der Waals surface area contributed by atoms with Crippen LogP contribution in [0.3, 0.4) is 0 Å². The fourth-order valence-electron chi connectivity index (χ4n) is 3.81. The van der Waals surface area contributed by atoms with Crippen LogP contribution >= 0.6 is 23.4 Å². The Morgan fingerprint density at radius 2 is 1.62 bits per heavy atom. The van der Waals surface area contributed by atoms with Crippen molar-refractivity contribution in [3.05, 3.63) is 135 Å². The number of nitro benzene ring substituents is 1. The molecule has 0 aliphatic heterocycles. The van der Waals surface area contributed by atoms with E-state index in [-0.39, 0.29) is 28.6 Å². The van der Waals surface area contributed by atoms with Crippen LogP contribution in [-0.2, 0) is 9.59 Å². The number of carbonyl (C=O) groups is 3. The molecule has 11 heteroatoms. The van der Waals surface area contributed by atoms with Crippen LogP contribution in [0.15, 0.2) is 108 Å². The first-order valence-corrected chi connectivity index (χ1v) is 14.0. The highest BCUT2D eigenvalue weighted by molar-refractivity contribution is 8.00. The van der Waals surface area contributed by atoms with Gasteiger partial charge in [-0.25, -0.2) is 0 Å². The van der Waals surface area contributed by atoms with Gasteiger partial charge in [-0.1, -0.05) is 54.1 Å². The van der Waals surface area contributed by atoms with E-state index in [1.165, 1.54) is 36.0 Å². The first-order chi connectivity index (χ1) is 20.2. The second-order valence-electron chi connectivity index (χ2n) is 8.93. The van der Waals surface area contributed by atoms with Gasteiger partial charge in [0.25, 0.3) is 17.5 Å². The van der Waals surface area contributed by atoms with E-state index in [0.717, 1.165) is 5.56 Å². The molecule has 9 nitrogen and oxygen atoms in total. The highest BCUT2D eigenvalue weighted by atomic mass is 35.5. The number of para-hydroxylation sites is 1. The summed E-state index contributed by atoms with van der Waals surface area (Å²) in [4.78, 5) is 50.5. The predicted molar refractivity (Wildman–Crippen MR) is 166 cm³/mol. The lowest BCUT2D eigenvalue weighted by Crippen LogP contribution is -2.30. The maximum absolute atomic E-state index is 13.4. The summed E-state index contributed by atoms with van der Waals surface area (Å²) in [7, 11) is 0. The Balaban J connectivity index is 1.50. The van der Waals surface area contributed by atoms with Crippen molar-refractivity contribution in [2.75, 3.05) is 16.4 Å². The molecular weight excluding hydrogens is 576 g/mol. The number of nitrogens with zero attached hydrogens (tertiary/aromatic N) is 1. The molecule has 0 atom stereocenters. The first kappa shape index (κ1) is 30.0. The summed E-state index contributed by atoms with van der Waals surface area (Å²) in [5.74, 6) is -1.35. The van der Waals surface area contributed by atoms with E-state index in [9.17, 15) is 24.5 Å². The number of hydrogen-bond acceptors (Lipinski definition) is 6. The summed E-state index contributed by atoms with van der Waals surface area (Å²) >= 11 is 7.40. The maximum Gasteiger partial charge on any atom is 0.276 e. The number of anilines is 2. The molecule has 4 rings (SSSR count). The van der Waals surface area contributed by atoms with Gasteiger partial charge in [-0.05, 0) is 67.1 Å². The number of benzene rings is 4. The molecule has 0 radical (unpaired) electrons. The van der Waals surface area contributed by atoms with Crippen LogP contribution < -0.4 is 16.0 Å². The van der Waals surface area contributed by atoms with Crippen LogP contribution in [0.1, 0.15) is 21.5 Å². The van der Waals surface area contributed by atoms with Crippen molar-refractivity contribution in [1.29, 1.82) is 0 Å². The molecule has 3 amide bonds. The van der Waals surface area contributed by atoms with Crippen LogP contribution in [0.4, 0.5) is 17.1 Å². The molecule has 3 N–H and O–H groups in total. The molecule has 0 bridgehead atoms. The maximum atomic E-state index is 13.4. The highest BCUT2D eigenvalue weighted by Crippen LogP contribution is 2.26. The molecule has 4 aromatic carbocycles. The number of carbonyl (C=O) groups excluding carboxylic acids is 3. The molecule has 0 saturated heterocycles. The number of halogens is 1. The third-order valence-electron chi connectivity index (χ3n) is 5.97. The second-order valence-corrected chi connectivity index (χ2v) is 10.4. The molecule has 0 aliphatic carbocycles. The van der Waals surface area contributed by atoms with Crippen molar-refractivity contribution in [3.63, 3.8) is 0 Å². The predicted octanol–water partition coefficient (Wildman–Crippen LogP) is 6.70. The summed E-state index contributed by atoms with van der Waals surface area (Å²) in [5, 5.41) is 20.2. The minimum atomic E-state index is -0.686. The van der Waals surface area contributed by atoms with Gasteiger partial charge < -0.3 is 16.0 Å². The molecule has 212 valence electrons. The molecule has 0 heterocycles. The smallest absolute Gasteiger partial charge is 0.276 e. The zero-order valence-corrected chi connectivity index (χ0v) is 23.9. The van der Waals surface area contributed by atoms with Crippen molar-refractivity contribution in [2.24, 2.45) is 0 Å². The van der Waals surface area contributed by atoms with Gasteiger partial charge >= 0.3 is 0 Å². The van der Waals surface area contributed by atoms with Crippen molar-refractivity contribution in [3.8, 4) is 0 Å². The third-order valence-corrected chi connectivity index (χ3v) is 7.37. The summed E-state index contributed by atoms with van der Waals surface area (Å²) in [6.45, 7) is 1.82. The summed E-state index contributed by atoms with van der Waals surface area (Å²) in [6.07, 6.45) is 1.26. The van der Waals surface area contributed by atoms with E-state index >= 15 is 0 Å². The SMILES string of the molecule is Cc1c(Cl)cccc1NC(=O)CSc1cccc(NC(=O)/C(=C\c2ccccc2[N+](=O)[O-])NC(=O)c2ccccc2)c1. The van der Waals surface area contributed by atoms with E-state index in [0.29, 0.717) is 26.9 Å². The molecule has 0 unspecified atom stereocenters. The van der Waals surface area contributed by atoms with E-state index in [1.54, 1.807) is 78.9 Å². The zero-order chi connectivity index (χ0) is 30.1. The normalized spacial score (nSPS) is 11.0. The van der Waals surface area contributed by atoms with Crippen LogP contribution in [0.5, 0.6) is 0 Å². The van der Waals surface area contributed by atoms with Crippen LogP contribution in [0, 0.1) is 17.0 Å². The molecule has 4 aromatic rings. The summed E-state index contributed by atoms with van der Waals surface area (Å²) in [6, 6.07) is 26.3. The lowest BCUT2D eigenvalue weighted by molar-refractivity contribution is -0.385. The number of nitro groups is 1. The van der Waals surface area contributed by atoms with Gasteiger partial charge in [-0.3, -0.25) is 24.5 Å². The average Bonchev–Trinajstić information content (AvgIpc) is 2.99. The number of thioether (sulfide) groups is 1. The topological polar surface area (TPSA) is 130 Å². The Hall–Kier alpha value is -4.93. The van der Waals surface area contributed by atoms with E-state index < -0.39 is 16.7 Å². The van der Waals surface area contributed by atoms with Crippen LogP contribution in [-0.4, -0.2) is 28.4 Å². The van der Waals surface area contributed by atoms with Crippen molar-refractivity contribution in [2.45, 2.75) is 11.8 Å². The van der Waals surface area contributed by atoms with Gasteiger partial charge in [-0.15, -0.1) is 11.8 Å². The minimum Gasteiger partial charge on any atom is -0.325 e. The van der Waals surface area contributed by atoms with Crippen LogP contribution in [0.25, 0.3) is 6.08 Å². The second kappa shape index (κ2) is 14.1. The molecule has 0 saturated carbocycles. The lowest BCUT2D eigenvalue weighted by Gasteiger charge is -2.12. The van der Waals surface area contributed by atoms with Gasteiger partial charge in [0.1, 0.15) is 5.70 Å². The van der Waals surface area contributed by atoms with Crippen molar-refractivity contribution in [1.82, 2.24) is 5.32 Å². The number of rotatable bonds is 10.